The third-order valence-electron chi connectivity index (χ3n) is 4.86. The van der Waals surface area contributed by atoms with Crippen LogP contribution in [0, 0.1) is 0 Å². The zero-order valence-corrected chi connectivity index (χ0v) is 18.7. The van der Waals surface area contributed by atoms with E-state index in [2.05, 4.69) is 15.5 Å². The Morgan fingerprint density at radius 2 is 2.03 bits per heavy atom. The number of alkyl halides is 3. The summed E-state index contributed by atoms with van der Waals surface area (Å²) in [7, 11) is 1.80. The molecule has 32 heavy (non-hydrogen) atoms. The third-order valence-corrected chi connectivity index (χ3v) is 6.74. The van der Waals surface area contributed by atoms with Gasteiger partial charge in [-0.3, -0.25) is 4.79 Å². The van der Waals surface area contributed by atoms with Crippen molar-refractivity contribution >= 4 is 40.4 Å². The molecule has 3 aromatic rings. The molecule has 0 saturated carbocycles. The van der Waals surface area contributed by atoms with Gasteiger partial charge in [-0.15, -0.1) is 21.5 Å². The molecular formula is C20H20F3N5O2S2. The molecule has 0 atom stereocenters. The maximum atomic E-state index is 13.2. The van der Waals surface area contributed by atoms with Crippen molar-refractivity contribution in [3.63, 3.8) is 0 Å². The molecule has 1 aromatic carbocycles. The topological polar surface area (TPSA) is 72.3 Å². The number of thioether (sulfide) groups is 1. The van der Waals surface area contributed by atoms with Crippen molar-refractivity contribution in [2.24, 2.45) is 7.05 Å². The Morgan fingerprint density at radius 3 is 2.72 bits per heavy atom. The molecule has 3 heterocycles. The summed E-state index contributed by atoms with van der Waals surface area (Å²) < 4.78 is 46.8. The van der Waals surface area contributed by atoms with E-state index in [0.717, 1.165) is 17.0 Å². The maximum Gasteiger partial charge on any atom is 0.416 e. The second kappa shape index (κ2) is 9.51. The average Bonchev–Trinajstić information content (AvgIpc) is 3.42. The Kier molecular flexibility index (Phi) is 6.72. The lowest BCUT2D eigenvalue weighted by Crippen LogP contribution is -2.37. The summed E-state index contributed by atoms with van der Waals surface area (Å²) in [6.07, 6.45) is -4.51. The number of ether oxygens (including phenoxy) is 1. The van der Waals surface area contributed by atoms with Gasteiger partial charge in [-0.05, 0) is 29.6 Å². The van der Waals surface area contributed by atoms with E-state index in [1.165, 1.54) is 29.2 Å². The number of benzene rings is 1. The van der Waals surface area contributed by atoms with Gasteiger partial charge in [0.25, 0.3) is 0 Å². The zero-order chi connectivity index (χ0) is 22.7. The fourth-order valence-corrected chi connectivity index (χ4v) is 4.72. The van der Waals surface area contributed by atoms with Crippen LogP contribution < -0.4 is 10.2 Å². The molecule has 1 aliphatic rings. The summed E-state index contributed by atoms with van der Waals surface area (Å²) in [5.74, 6) is 0.245. The summed E-state index contributed by atoms with van der Waals surface area (Å²) >= 11 is 2.70. The number of carbonyl (C=O) groups is 1. The lowest BCUT2D eigenvalue weighted by Gasteiger charge is -2.31. The van der Waals surface area contributed by atoms with Gasteiger partial charge in [0.2, 0.25) is 5.91 Å². The minimum Gasteiger partial charge on any atom is -0.378 e. The molecule has 0 unspecified atom stereocenters. The SMILES string of the molecule is Cn1c(SCC(=O)Nc2cc(C(F)(F)F)ccc2N2CCOCC2)nnc1-c1cccs1. The van der Waals surface area contributed by atoms with Gasteiger partial charge < -0.3 is 19.5 Å². The van der Waals surface area contributed by atoms with Crippen molar-refractivity contribution in [1.82, 2.24) is 14.8 Å². The van der Waals surface area contributed by atoms with E-state index in [4.69, 9.17) is 4.74 Å². The van der Waals surface area contributed by atoms with Crippen molar-refractivity contribution in [2.75, 3.05) is 42.3 Å². The summed E-state index contributed by atoms with van der Waals surface area (Å²) in [5, 5.41) is 13.4. The van der Waals surface area contributed by atoms with Crippen LogP contribution in [0.2, 0.25) is 0 Å². The molecule has 2 aromatic heterocycles. The number of halogens is 3. The molecule has 1 saturated heterocycles. The van der Waals surface area contributed by atoms with Crippen LogP contribution >= 0.6 is 23.1 Å². The lowest BCUT2D eigenvalue weighted by atomic mass is 10.1. The minimum absolute atomic E-state index is 0.0186. The highest BCUT2D eigenvalue weighted by atomic mass is 32.2. The summed E-state index contributed by atoms with van der Waals surface area (Å²) in [6, 6.07) is 7.24. The van der Waals surface area contributed by atoms with Gasteiger partial charge in [0.1, 0.15) is 0 Å². The molecule has 1 fully saturated rings. The van der Waals surface area contributed by atoms with Crippen molar-refractivity contribution in [3.05, 3.63) is 41.3 Å². The number of rotatable bonds is 6. The van der Waals surface area contributed by atoms with Crippen LogP contribution in [0.4, 0.5) is 24.5 Å². The van der Waals surface area contributed by atoms with Gasteiger partial charge in [-0.2, -0.15) is 13.2 Å². The largest absolute Gasteiger partial charge is 0.416 e. The molecule has 0 spiro atoms. The number of thiophene rings is 1. The Hall–Kier alpha value is -2.57. The standard InChI is InChI=1S/C20H20F3N5O2S2/c1-27-18(16-3-2-10-31-16)25-26-19(27)32-12-17(29)24-14-11-13(20(21,22)23)4-5-15(14)28-6-8-30-9-7-28/h2-5,10-11H,6-9,12H2,1H3,(H,24,29). The first-order valence-electron chi connectivity index (χ1n) is 9.73. The van der Waals surface area contributed by atoms with E-state index in [1.807, 2.05) is 22.4 Å². The maximum absolute atomic E-state index is 13.2. The number of anilines is 2. The first kappa shape index (κ1) is 22.6. The number of carbonyl (C=O) groups excluding carboxylic acids is 1. The number of nitrogens with zero attached hydrogens (tertiary/aromatic N) is 4. The zero-order valence-electron chi connectivity index (χ0n) is 17.1. The summed E-state index contributed by atoms with van der Waals surface area (Å²) in [6.45, 7) is 2.02. The number of aromatic nitrogens is 3. The smallest absolute Gasteiger partial charge is 0.378 e. The fraction of sp³-hybridized carbons (Fsp3) is 0.350. The van der Waals surface area contributed by atoms with E-state index in [9.17, 15) is 18.0 Å². The van der Waals surface area contributed by atoms with Gasteiger partial charge >= 0.3 is 6.18 Å². The molecule has 1 amide bonds. The predicted molar refractivity (Wildman–Crippen MR) is 118 cm³/mol. The van der Waals surface area contributed by atoms with Crippen molar-refractivity contribution in [1.29, 1.82) is 0 Å². The second-order valence-electron chi connectivity index (χ2n) is 7.01. The molecule has 0 bridgehead atoms. The monoisotopic (exact) mass is 483 g/mol. The van der Waals surface area contributed by atoms with Crippen LogP contribution in [0.15, 0.2) is 40.9 Å². The molecule has 0 radical (unpaired) electrons. The minimum atomic E-state index is -4.51. The highest BCUT2D eigenvalue weighted by molar-refractivity contribution is 7.99. The first-order chi connectivity index (χ1) is 15.3. The van der Waals surface area contributed by atoms with Crippen LogP contribution in [0.5, 0.6) is 0 Å². The van der Waals surface area contributed by atoms with Gasteiger partial charge in [-0.1, -0.05) is 17.8 Å². The van der Waals surface area contributed by atoms with Crippen molar-refractivity contribution in [2.45, 2.75) is 11.3 Å². The van der Waals surface area contributed by atoms with Crippen LogP contribution in [-0.4, -0.2) is 52.7 Å². The Bertz CT molecular complexity index is 1080. The van der Waals surface area contributed by atoms with E-state index in [1.54, 1.807) is 11.6 Å². The third kappa shape index (κ3) is 5.08. The second-order valence-corrected chi connectivity index (χ2v) is 8.90. The average molecular weight is 484 g/mol. The number of hydrogen-bond donors (Lipinski definition) is 1. The first-order valence-corrected chi connectivity index (χ1v) is 11.6. The van der Waals surface area contributed by atoms with Crippen molar-refractivity contribution < 1.29 is 22.7 Å². The fourth-order valence-electron chi connectivity index (χ4n) is 3.27. The van der Waals surface area contributed by atoms with Gasteiger partial charge in [0.15, 0.2) is 11.0 Å². The van der Waals surface area contributed by atoms with E-state index < -0.39 is 17.6 Å². The number of amides is 1. The van der Waals surface area contributed by atoms with Crippen LogP contribution in [-0.2, 0) is 22.8 Å². The molecular weight excluding hydrogens is 463 g/mol. The molecule has 1 aliphatic heterocycles. The molecule has 7 nitrogen and oxygen atoms in total. The Morgan fingerprint density at radius 1 is 1.25 bits per heavy atom. The van der Waals surface area contributed by atoms with E-state index >= 15 is 0 Å². The summed E-state index contributed by atoms with van der Waals surface area (Å²) in [4.78, 5) is 15.5. The van der Waals surface area contributed by atoms with Gasteiger partial charge in [0.05, 0.1) is 40.8 Å². The molecule has 12 heteroatoms. The van der Waals surface area contributed by atoms with Gasteiger partial charge in [-0.25, -0.2) is 0 Å². The Balaban J connectivity index is 1.48. The molecule has 170 valence electrons. The normalized spacial score (nSPS) is 14.6. The predicted octanol–water partition coefficient (Wildman–Crippen LogP) is 4.13. The van der Waals surface area contributed by atoms with E-state index in [-0.39, 0.29) is 11.4 Å². The van der Waals surface area contributed by atoms with Gasteiger partial charge in [0, 0.05) is 20.1 Å². The van der Waals surface area contributed by atoms with Crippen LogP contribution in [0.3, 0.4) is 0 Å². The highest BCUT2D eigenvalue weighted by Crippen LogP contribution is 2.36. The number of morpholine rings is 1. The quantitative estimate of drug-likeness (QED) is 0.532. The number of nitrogens with one attached hydrogen (secondary N) is 1. The molecule has 0 aliphatic carbocycles. The molecule has 1 N–H and O–H groups in total. The summed E-state index contributed by atoms with van der Waals surface area (Å²) in [5.41, 5.74) is -0.144. The molecule has 4 rings (SSSR count). The lowest BCUT2D eigenvalue weighted by molar-refractivity contribution is -0.137. The number of hydrogen-bond acceptors (Lipinski definition) is 7. The van der Waals surface area contributed by atoms with Crippen LogP contribution in [0.25, 0.3) is 10.7 Å². The highest BCUT2D eigenvalue weighted by Gasteiger charge is 2.32. The van der Waals surface area contributed by atoms with Crippen molar-refractivity contribution in [3.8, 4) is 10.7 Å². The van der Waals surface area contributed by atoms with E-state index in [0.29, 0.717) is 43.0 Å². The Labute approximate surface area is 190 Å². The van der Waals surface area contributed by atoms with Crippen LogP contribution in [0.1, 0.15) is 5.56 Å².